The van der Waals surface area contributed by atoms with Crippen LogP contribution in [0.2, 0.25) is 0 Å². The van der Waals surface area contributed by atoms with Gasteiger partial charge in [0.05, 0.1) is 11.4 Å². The molecule has 32 heavy (non-hydrogen) atoms. The molecule has 0 amide bonds. The lowest BCUT2D eigenvalue weighted by atomic mass is 10.2. The molecule has 0 saturated heterocycles. The van der Waals surface area contributed by atoms with E-state index >= 15 is 0 Å². The number of quaternary nitrogens is 2. The van der Waals surface area contributed by atoms with Crippen LogP contribution < -0.4 is 21.0 Å². The third-order valence-electron chi connectivity index (χ3n) is 5.27. The number of benzene rings is 4. The summed E-state index contributed by atoms with van der Waals surface area (Å²) in [4.78, 5) is 0. The van der Waals surface area contributed by atoms with Gasteiger partial charge in [-0.1, -0.05) is 35.4 Å². The summed E-state index contributed by atoms with van der Waals surface area (Å²) in [7, 11) is 0. The van der Waals surface area contributed by atoms with Crippen molar-refractivity contribution >= 4 is 34.1 Å². The van der Waals surface area contributed by atoms with Gasteiger partial charge in [-0.05, 0) is 38.1 Å². The number of nitrogens with one attached hydrogen (secondary N) is 4. The van der Waals surface area contributed by atoms with Gasteiger partial charge in [0.25, 0.3) is 0 Å². The SMILES string of the molecule is Cc1ccc([NH+]([O-])c2ccc(NNc3ccc([NH+]([O-])c4ccc(C)cc4)cc3)cc2)cc1. The highest BCUT2D eigenvalue weighted by molar-refractivity contribution is 5.56. The zero-order valence-corrected chi connectivity index (χ0v) is 18.1. The van der Waals surface area contributed by atoms with Crippen molar-refractivity contribution < 1.29 is 10.1 Å². The quantitative estimate of drug-likeness (QED) is 0.330. The fraction of sp³-hybridized carbons (Fsp3) is 0.0769. The van der Waals surface area contributed by atoms with Crippen molar-refractivity contribution in [1.29, 1.82) is 0 Å². The highest BCUT2D eigenvalue weighted by atomic mass is 16.5. The lowest BCUT2D eigenvalue weighted by Crippen LogP contribution is -2.96. The molecule has 162 valence electrons. The van der Waals surface area contributed by atoms with Gasteiger partial charge in [0.15, 0.2) is 0 Å². The number of hydrazine groups is 1. The summed E-state index contributed by atoms with van der Waals surface area (Å²) in [5.41, 5.74) is 12.8. The first-order valence-electron chi connectivity index (χ1n) is 10.4. The lowest BCUT2D eigenvalue weighted by molar-refractivity contribution is -0.698. The fourth-order valence-electron chi connectivity index (χ4n) is 3.30. The standard InChI is InChI=1S/C26H26N4O2/c1-19-3-11-23(12-4-19)29(31)25-15-7-21(8-16-25)27-28-22-9-17-26(18-10-22)30(32)24-13-5-20(2)6-14-24/h3-18,27-30H,1-2H3. The molecule has 0 aliphatic carbocycles. The minimum Gasteiger partial charge on any atom is -0.623 e. The van der Waals surface area contributed by atoms with Gasteiger partial charge in [-0.25, -0.2) is 0 Å². The first kappa shape index (κ1) is 21.5. The van der Waals surface area contributed by atoms with E-state index in [2.05, 4.69) is 10.9 Å². The van der Waals surface area contributed by atoms with Gasteiger partial charge in [0.1, 0.15) is 22.7 Å². The Bertz CT molecular complexity index is 1050. The number of anilines is 2. The zero-order valence-electron chi connectivity index (χ0n) is 18.1. The van der Waals surface area contributed by atoms with E-state index in [1.807, 2.05) is 86.6 Å². The van der Waals surface area contributed by atoms with E-state index in [9.17, 15) is 10.4 Å². The van der Waals surface area contributed by atoms with Gasteiger partial charge in [-0.2, -0.15) is 0 Å². The van der Waals surface area contributed by atoms with Crippen molar-refractivity contribution in [1.82, 2.24) is 0 Å². The van der Waals surface area contributed by atoms with Crippen molar-refractivity contribution in [2.24, 2.45) is 0 Å². The van der Waals surface area contributed by atoms with Crippen molar-refractivity contribution in [2.75, 3.05) is 10.9 Å². The van der Waals surface area contributed by atoms with E-state index in [-0.39, 0.29) is 10.1 Å². The lowest BCUT2D eigenvalue weighted by Gasteiger charge is -2.22. The predicted molar refractivity (Wildman–Crippen MR) is 130 cm³/mol. The van der Waals surface area contributed by atoms with Crippen LogP contribution in [-0.4, -0.2) is 0 Å². The zero-order chi connectivity index (χ0) is 22.5. The number of rotatable bonds is 7. The molecular weight excluding hydrogens is 400 g/mol. The van der Waals surface area contributed by atoms with Gasteiger partial charge in [0, 0.05) is 48.5 Å². The highest BCUT2D eigenvalue weighted by Crippen LogP contribution is 2.16. The summed E-state index contributed by atoms with van der Waals surface area (Å²) >= 11 is 0. The van der Waals surface area contributed by atoms with E-state index < -0.39 is 0 Å². The maximum atomic E-state index is 12.6. The minimum absolute atomic E-state index is 0.00154. The van der Waals surface area contributed by atoms with E-state index in [0.29, 0.717) is 22.7 Å². The van der Waals surface area contributed by atoms with Gasteiger partial charge in [0.2, 0.25) is 0 Å². The second-order valence-corrected chi connectivity index (χ2v) is 7.79. The molecule has 0 radical (unpaired) electrons. The molecule has 6 nitrogen and oxygen atoms in total. The maximum Gasteiger partial charge on any atom is 0.136 e. The minimum atomic E-state index is -0.00154. The Morgan fingerprint density at radius 2 is 0.688 bits per heavy atom. The van der Waals surface area contributed by atoms with Crippen LogP contribution in [-0.2, 0) is 0 Å². The molecule has 0 spiro atoms. The molecule has 4 N–H and O–H groups in total. The molecule has 0 aliphatic heterocycles. The first-order valence-corrected chi connectivity index (χ1v) is 10.4. The topological polar surface area (TPSA) is 79.1 Å². The van der Waals surface area contributed by atoms with Crippen LogP contribution >= 0.6 is 0 Å². The number of hydrogen-bond donors (Lipinski definition) is 4. The fourth-order valence-corrected chi connectivity index (χ4v) is 3.30. The van der Waals surface area contributed by atoms with Crippen molar-refractivity contribution in [3.05, 3.63) is 119 Å². The van der Waals surface area contributed by atoms with Gasteiger partial charge in [-0.3, -0.25) is 0 Å². The molecule has 4 aromatic rings. The van der Waals surface area contributed by atoms with Crippen molar-refractivity contribution in [3.63, 3.8) is 0 Å². The molecule has 2 unspecified atom stereocenters. The van der Waals surface area contributed by atoms with E-state index in [1.165, 1.54) is 0 Å². The summed E-state index contributed by atoms with van der Waals surface area (Å²) in [5.74, 6) is 0. The van der Waals surface area contributed by atoms with Gasteiger partial charge >= 0.3 is 0 Å². The molecule has 0 bridgehead atoms. The molecule has 0 saturated carbocycles. The van der Waals surface area contributed by atoms with E-state index in [0.717, 1.165) is 22.5 Å². The Morgan fingerprint density at radius 3 is 0.969 bits per heavy atom. The molecule has 4 rings (SSSR count). The average Bonchev–Trinajstić information content (AvgIpc) is 2.83. The molecule has 4 aromatic carbocycles. The summed E-state index contributed by atoms with van der Waals surface area (Å²) in [6, 6.07) is 29.7. The van der Waals surface area contributed by atoms with Crippen LogP contribution in [0.5, 0.6) is 0 Å². The molecule has 2 atom stereocenters. The Hall–Kier alpha value is -3.68. The maximum absolute atomic E-state index is 12.6. The molecule has 0 heterocycles. The van der Waals surface area contributed by atoms with Crippen LogP contribution in [0.1, 0.15) is 11.1 Å². The Balaban J connectivity index is 1.35. The summed E-state index contributed by atoms with van der Waals surface area (Å²) in [6.45, 7) is 3.99. The van der Waals surface area contributed by atoms with Crippen LogP contribution in [0, 0.1) is 24.3 Å². The van der Waals surface area contributed by atoms with Crippen LogP contribution in [0.4, 0.5) is 34.1 Å². The predicted octanol–water partition coefficient (Wildman–Crippen LogP) is 4.43. The largest absolute Gasteiger partial charge is 0.623 e. The number of aryl methyl sites for hydroxylation is 2. The van der Waals surface area contributed by atoms with E-state index in [1.54, 1.807) is 24.3 Å². The number of hydrogen-bond acceptors (Lipinski definition) is 4. The smallest absolute Gasteiger partial charge is 0.136 e. The Morgan fingerprint density at radius 1 is 0.438 bits per heavy atom. The third-order valence-corrected chi connectivity index (χ3v) is 5.27. The van der Waals surface area contributed by atoms with Crippen molar-refractivity contribution in [2.45, 2.75) is 13.8 Å². The van der Waals surface area contributed by atoms with E-state index in [4.69, 9.17) is 0 Å². The third kappa shape index (κ3) is 5.14. The first-order chi connectivity index (χ1) is 15.5. The average molecular weight is 427 g/mol. The molecule has 0 aromatic heterocycles. The second kappa shape index (κ2) is 9.64. The van der Waals surface area contributed by atoms with Crippen LogP contribution in [0.15, 0.2) is 97.1 Å². The Labute approximate surface area is 187 Å². The molecule has 0 fully saturated rings. The second-order valence-electron chi connectivity index (χ2n) is 7.79. The van der Waals surface area contributed by atoms with Crippen LogP contribution in [0.25, 0.3) is 0 Å². The van der Waals surface area contributed by atoms with Crippen LogP contribution in [0.3, 0.4) is 0 Å². The normalized spacial score (nSPS) is 12.8. The Kier molecular flexibility index (Phi) is 6.49. The summed E-state index contributed by atoms with van der Waals surface area (Å²) in [6.07, 6.45) is 0. The summed E-state index contributed by atoms with van der Waals surface area (Å²) in [5, 5.41) is 25.2. The highest BCUT2D eigenvalue weighted by Gasteiger charge is 2.08. The monoisotopic (exact) mass is 426 g/mol. The summed E-state index contributed by atoms with van der Waals surface area (Å²) < 4.78 is 0. The van der Waals surface area contributed by atoms with Crippen molar-refractivity contribution in [3.8, 4) is 0 Å². The molecule has 6 heteroatoms. The molecular formula is C26H26N4O2. The molecule has 0 aliphatic rings. The van der Waals surface area contributed by atoms with Gasteiger partial charge < -0.3 is 31.4 Å². The van der Waals surface area contributed by atoms with Gasteiger partial charge in [-0.15, -0.1) is 0 Å².